The molecule has 2 amide bonds. The van der Waals surface area contributed by atoms with Gasteiger partial charge in [-0.2, -0.15) is 0 Å². The van der Waals surface area contributed by atoms with Crippen molar-refractivity contribution in [3.63, 3.8) is 0 Å². The largest absolute Gasteiger partial charge is 0.369 e. The lowest BCUT2D eigenvalue weighted by Crippen LogP contribution is -2.45. The van der Waals surface area contributed by atoms with Crippen LogP contribution in [0, 0.1) is 0 Å². The number of nitrogens with zero attached hydrogens (tertiary/aromatic N) is 1. The topological polar surface area (TPSA) is 49.4 Å². The van der Waals surface area contributed by atoms with Gasteiger partial charge in [-0.15, -0.1) is 0 Å². The maximum atomic E-state index is 11.7. The molecule has 1 atom stereocenters. The standard InChI is InChI=1S/C17H19ClN2O2S/c1-9-8-17(2,3)20(4)13-7-12(18)10(5-11(9)13)6-14-15(21)19-16(22)23-14/h5-7,9H,8H2,1-4H3,(H,19,21,22)/b14-6+/t9-/m1/s1. The van der Waals surface area contributed by atoms with E-state index in [0.29, 0.717) is 15.8 Å². The molecule has 1 saturated heterocycles. The van der Waals surface area contributed by atoms with Gasteiger partial charge in [0.05, 0.1) is 4.91 Å². The molecule has 0 aromatic heterocycles. The van der Waals surface area contributed by atoms with Crippen LogP contribution < -0.4 is 10.2 Å². The van der Waals surface area contributed by atoms with E-state index < -0.39 is 0 Å². The van der Waals surface area contributed by atoms with Crippen LogP contribution in [0.3, 0.4) is 0 Å². The van der Waals surface area contributed by atoms with Crippen LogP contribution in [0.5, 0.6) is 0 Å². The molecule has 0 bridgehead atoms. The van der Waals surface area contributed by atoms with Gasteiger partial charge in [-0.3, -0.25) is 14.9 Å². The fraction of sp³-hybridized carbons (Fsp3) is 0.412. The number of thioether (sulfide) groups is 1. The molecule has 2 heterocycles. The molecule has 3 rings (SSSR count). The number of carbonyl (C=O) groups excluding carboxylic acids is 2. The van der Waals surface area contributed by atoms with Crippen LogP contribution >= 0.6 is 23.4 Å². The third kappa shape index (κ3) is 2.88. The van der Waals surface area contributed by atoms with E-state index in [4.69, 9.17) is 11.6 Å². The molecular formula is C17H19ClN2O2S. The lowest BCUT2D eigenvalue weighted by atomic mass is 9.80. The third-order valence-corrected chi connectivity index (χ3v) is 5.82. The Hall–Kier alpha value is -1.46. The average Bonchev–Trinajstić information content (AvgIpc) is 2.76. The van der Waals surface area contributed by atoms with E-state index in [-0.39, 0.29) is 16.7 Å². The van der Waals surface area contributed by atoms with Crippen molar-refractivity contribution < 1.29 is 9.59 Å². The molecule has 2 aliphatic rings. The number of benzene rings is 1. The van der Waals surface area contributed by atoms with E-state index in [1.807, 2.05) is 12.1 Å². The van der Waals surface area contributed by atoms with Gasteiger partial charge in [-0.1, -0.05) is 18.5 Å². The maximum Gasteiger partial charge on any atom is 0.290 e. The predicted molar refractivity (Wildman–Crippen MR) is 96.1 cm³/mol. The molecule has 1 fully saturated rings. The van der Waals surface area contributed by atoms with Crippen molar-refractivity contribution in [1.82, 2.24) is 5.32 Å². The number of imide groups is 1. The first-order valence-corrected chi connectivity index (χ1v) is 8.70. The lowest BCUT2D eigenvalue weighted by Gasteiger charge is -2.45. The van der Waals surface area contributed by atoms with Crippen LogP contribution in [0.15, 0.2) is 17.0 Å². The van der Waals surface area contributed by atoms with Crippen molar-refractivity contribution >= 4 is 46.3 Å². The highest BCUT2D eigenvalue weighted by atomic mass is 35.5. The Bertz CT molecular complexity index is 742. The van der Waals surface area contributed by atoms with Crippen LogP contribution in [-0.2, 0) is 4.79 Å². The number of anilines is 1. The number of fused-ring (bicyclic) bond motifs is 1. The molecule has 4 nitrogen and oxygen atoms in total. The van der Waals surface area contributed by atoms with Crippen LogP contribution in [0.1, 0.15) is 44.2 Å². The average molecular weight is 351 g/mol. The highest BCUT2D eigenvalue weighted by Gasteiger charge is 2.34. The summed E-state index contributed by atoms with van der Waals surface area (Å²) in [6.45, 7) is 6.65. The highest BCUT2D eigenvalue weighted by Crippen LogP contribution is 2.44. The van der Waals surface area contributed by atoms with E-state index in [1.165, 1.54) is 5.56 Å². The summed E-state index contributed by atoms with van der Waals surface area (Å²) in [6, 6.07) is 4.00. The quantitative estimate of drug-likeness (QED) is 0.763. The van der Waals surface area contributed by atoms with Crippen LogP contribution in [0.4, 0.5) is 10.5 Å². The van der Waals surface area contributed by atoms with E-state index in [2.05, 4.69) is 38.0 Å². The first-order chi connectivity index (χ1) is 10.7. The predicted octanol–water partition coefficient (Wildman–Crippen LogP) is 4.39. The Morgan fingerprint density at radius 1 is 1.39 bits per heavy atom. The van der Waals surface area contributed by atoms with Gasteiger partial charge < -0.3 is 4.90 Å². The molecule has 0 unspecified atom stereocenters. The van der Waals surface area contributed by atoms with E-state index in [0.717, 1.165) is 29.4 Å². The smallest absolute Gasteiger partial charge is 0.290 e. The summed E-state index contributed by atoms with van der Waals surface area (Å²) < 4.78 is 0. The summed E-state index contributed by atoms with van der Waals surface area (Å²) in [5.41, 5.74) is 3.19. The molecule has 1 N–H and O–H groups in total. The zero-order valence-electron chi connectivity index (χ0n) is 13.6. The second-order valence-electron chi connectivity index (χ2n) is 6.76. The second-order valence-corrected chi connectivity index (χ2v) is 8.18. The zero-order valence-corrected chi connectivity index (χ0v) is 15.1. The zero-order chi connectivity index (χ0) is 16.9. The summed E-state index contributed by atoms with van der Waals surface area (Å²) in [5.74, 6) is 0.0393. The van der Waals surface area contributed by atoms with Gasteiger partial charge >= 0.3 is 0 Å². The molecule has 23 heavy (non-hydrogen) atoms. The monoisotopic (exact) mass is 350 g/mol. The van der Waals surface area contributed by atoms with Crippen LogP contribution in [0.2, 0.25) is 5.02 Å². The van der Waals surface area contributed by atoms with Gasteiger partial charge in [0.2, 0.25) is 0 Å². The van der Waals surface area contributed by atoms with Gasteiger partial charge in [0.15, 0.2) is 0 Å². The summed E-state index contributed by atoms with van der Waals surface area (Å²) >= 11 is 7.34. The Labute approximate surface area is 145 Å². The van der Waals surface area contributed by atoms with E-state index in [1.54, 1.807) is 6.08 Å². The molecule has 2 aliphatic heterocycles. The van der Waals surface area contributed by atoms with Crippen LogP contribution in [-0.4, -0.2) is 23.7 Å². The molecule has 0 aliphatic carbocycles. The van der Waals surface area contributed by atoms with E-state index >= 15 is 0 Å². The minimum atomic E-state index is -0.361. The molecule has 0 spiro atoms. The van der Waals surface area contributed by atoms with Gasteiger partial charge in [0.1, 0.15) is 0 Å². The fourth-order valence-electron chi connectivity index (χ4n) is 3.28. The van der Waals surface area contributed by atoms with Gasteiger partial charge in [-0.25, -0.2) is 0 Å². The second kappa shape index (κ2) is 5.56. The number of nitrogens with one attached hydrogen (secondary N) is 1. The molecule has 122 valence electrons. The van der Waals surface area contributed by atoms with Crippen LogP contribution in [0.25, 0.3) is 6.08 Å². The summed E-state index contributed by atoms with van der Waals surface area (Å²) in [4.78, 5) is 25.6. The summed E-state index contributed by atoms with van der Waals surface area (Å²) in [6.07, 6.45) is 2.74. The Balaban J connectivity index is 2.06. The van der Waals surface area contributed by atoms with Crippen molar-refractivity contribution in [2.45, 2.75) is 38.6 Å². The Morgan fingerprint density at radius 2 is 2.09 bits per heavy atom. The Morgan fingerprint density at radius 3 is 2.70 bits per heavy atom. The number of rotatable bonds is 1. The van der Waals surface area contributed by atoms with Gasteiger partial charge in [-0.05, 0) is 67.3 Å². The van der Waals surface area contributed by atoms with Crippen molar-refractivity contribution in [2.75, 3.05) is 11.9 Å². The molecule has 1 aromatic carbocycles. The number of hydrogen-bond donors (Lipinski definition) is 1. The molecule has 6 heteroatoms. The van der Waals surface area contributed by atoms with Crippen molar-refractivity contribution in [3.8, 4) is 0 Å². The molecule has 0 radical (unpaired) electrons. The number of halogens is 1. The highest BCUT2D eigenvalue weighted by molar-refractivity contribution is 8.18. The SMILES string of the molecule is C[C@@H]1CC(C)(C)N(C)c2cc(Cl)c(/C=C3/SC(=O)NC3=O)cc21. The molecule has 0 saturated carbocycles. The van der Waals surface area contributed by atoms with Gasteiger partial charge in [0.25, 0.3) is 11.1 Å². The number of amides is 2. The van der Waals surface area contributed by atoms with Crippen molar-refractivity contribution in [1.29, 1.82) is 0 Å². The van der Waals surface area contributed by atoms with Gasteiger partial charge in [0, 0.05) is 23.3 Å². The third-order valence-electron chi connectivity index (χ3n) is 4.68. The van der Waals surface area contributed by atoms with E-state index in [9.17, 15) is 9.59 Å². The number of hydrogen-bond acceptors (Lipinski definition) is 4. The Kier molecular flexibility index (Phi) is 3.97. The summed E-state index contributed by atoms with van der Waals surface area (Å²) in [5, 5.41) is 2.50. The lowest BCUT2D eigenvalue weighted by molar-refractivity contribution is -0.115. The maximum absolute atomic E-state index is 11.7. The van der Waals surface area contributed by atoms with Crippen molar-refractivity contribution in [2.24, 2.45) is 0 Å². The molecular weight excluding hydrogens is 332 g/mol. The molecule has 1 aromatic rings. The van der Waals surface area contributed by atoms with Crippen molar-refractivity contribution in [3.05, 3.63) is 33.2 Å². The normalized spacial score (nSPS) is 24.8. The summed E-state index contributed by atoms with van der Waals surface area (Å²) in [7, 11) is 2.08. The first kappa shape index (κ1) is 16.4. The minimum Gasteiger partial charge on any atom is -0.369 e. The number of carbonyl (C=O) groups is 2. The fourth-order valence-corrected chi connectivity index (χ4v) is 4.16. The minimum absolute atomic E-state index is 0.0728. The first-order valence-electron chi connectivity index (χ1n) is 7.51.